The van der Waals surface area contributed by atoms with Gasteiger partial charge in [0.25, 0.3) is 0 Å². The minimum atomic E-state index is -0.480. The van der Waals surface area contributed by atoms with Crippen molar-refractivity contribution in [3.63, 3.8) is 0 Å². The second-order valence-electron chi connectivity index (χ2n) is 4.82. The van der Waals surface area contributed by atoms with Crippen molar-refractivity contribution in [2.24, 2.45) is 0 Å². The first-order valence-corrected chi connectivity index (χ1v) is 7.46. The minimum Gasteiger partial charge on any atom is -0.487 e. The SMILES string of the molecule is CCCCOC(=Cc1ccccc1)C(=O)Oc1ccccc1. The van der Waals surface area contributed by atoms with Crippen LogP contribution in [0, 0.1) is 0 Å². The summed E-state index contributed by atoms with van der Waals surface area (Å²) in [6.07, 6.45) is 3.61. The molecule has 2 aromatic carbocycles. The molecule has 22 heavy (non-hydrogen) atoms. The molecule has 0 N–H and O–H groups in total. The molecule has 0 heterocycles. The maximum atomic E-state index is 12.3. The topological polar surface area (TPSA) is 35.5 Å². The Labute approximate surface area is 131 Å². The lowest BCUT2D eigenvalue weighted by Gasteiger charge is -2.10. The molecule has 2 rings (SSSR count). The van der Waals surface area contributed by atoms with E-state index >= 15 is 0 Å². The van der Waals surface area contributed by atoms with Gasteiger partial charge >= 0.3 is 5.97 Å². The van der Waals surface area contributed by atoms with Gasteiger partial charge in [-0.25, -0.2) is 4.79 Å². The van der Waals surface area contributed by atoms with Crippen LogP contribution in [0.2, 0.25) is 0 Å². The summed E-state index contributed by atoms with van der Waals surface area (Å²) < 4.78 is 11.0. The molecular weight excluding hydrogens is 276 g/mol. The summed E-state index contributed by atoms with van der Waals surface area (Å²) in [7, 11) is 0. The van der Waals surface area contributed by atoms with Crippen LogP contribution in [0.25, 0.3) is 6.08 Å². The van der Waals surface area contributed by atoms with Crippen molar-refractivity contribution in [2.75, 3.05) is 6.61 Å². The second kappa shape index (κ2) is 8.67. The number of hydrogen-bond acceptors (Lipinski definition) is 3. The standard InChI is InChI=1S/C19H20O3/c1-2-3-14-21-18(15-16-10-6-4-7-11-16)19(20)22-17-12-8-5-9-13-17/h4-13,15H,2-3,14H2,1H3. The summed E-state index contributed by atoms with van der Waals surface area (Å²) >= 11 is 0. The molecule has 0 aromatic heterocycles. The number of carbonyl (C=O) groups excluding carboxylic acids is 1. The fourth-order valence-electron chi connectivity index (χ4n) is 1.83. The molecule has 0 spiro atoms. The van der Waals surface area contributed by atoms with E-state index in [1.165, 1.54) is 0 Å². The predicted molar refractivity (Wildman–Crippen MR) is 87.4 cm³/mol. The van der Waals surface area contributed by atoms with Crippen molar-refractivity contribution in [3.05, 3.63) is 72.0 Å². The van der Waals surface area contributed by atoms with Crippen molar-refractivity contribution in [2.45, 2.75) is 19.8 Å². The normalized spacial score (nSPS) is 11.0. The van der Waals surface area contributed by atoms with Gasteiger partial charge in [-0.05, 0) is 30.2 Å². The van der Waals surface area contributed by atoms with E-state index in [0.717, 1.165) is 18.4 Å². The quantitative estimate of drug-likeness (QED) is 0.249. The zero-order chi connectivity index (χ0) is 15.6. The van der Waals surface area contributed by atoms with Gasteiger partial charge in [-0.2, -0.15) is 0 Å². The van der Waals surface area contributed by atoms with Gasteiger partial charge in [0, 0.05) is 0 Å². The van der Waals surface area contributed by atoms with Gasteiger partial charge in [0.15, 0.2) is 0 Å². The first-order valence-electron chi connectivity index (χ1n) is 7.46. The van der Waals surface area contributed by atoms with Gasteiger partial charge in [0.2, 0.25) is 5.76 Å². The van der Waals surface area contributed by atoms with E-state index in [-0.39, 0.29) is 5.76 Å². The Morgan fingerprint density at radius 1 is 1.00 bits per heavy atom. The number of unbranched alkanes of at least 4 members (excludes halogenated alkanes) is 1. The van der Waals surface area contributed by atoms with Gasteiger partial charge in [0.1, 0.15) is 5.75 Å². The van der Waals surface area contributed by atoms with E-state index < -0.39 is 5.97 Å². The number of para-hydroxylation sites is 1. The molecule has 3 nitrogen and oxygen atoms in total. The van der Waals surface area contributed by atoms with Gasteiger partial charge in [0.05, 0.1) is 6.61 Å². The minimum absolute atomic E-state index is 0.225. The van der Waals surface area contributed by atoms with E-state index in [1.807, 2.05) is 48.5 Å². The average molecular weight is 296 g/mol. The third-order valence-corrected chi connectivity index (χ3v) is 3.01. The third-order valence-electron chi connectivity index (χ3n) is 3.01. The van der Waals surface area contributed by atoms with Crippen LogP contribution in [-0.2, 0) is 9.53 Å². The fraction of sp³-hybridized carbons (Fsp3) is 0.211. The van der Waals surface area contributed by atoms with Crippen molar-refractivity contribution in [3.8, 4) is 5.75 Å². The molecule has 0 radical (unpaired) electrons. The van der Waals surface area contributed by atoms with Crippen LogP contribution in [0.3, 0.4) is 0 Å². The molecule has 0 aliphatic heterocycles. The van der Waals surface area contributed by atoms with Gasteiger partial charge in [-0.15, -0.1) is 0 Å². The Hall–Kier alpha value is -2.55. The van der Waals surface area contributed by atoms with Crippen LogP contribution >= 0.6 is 0 Å². The summed E-state index contributed by atoms with van der Waals surface area (Å²) in [6.45, 7) is 2.57. The molecular formula is C19H20O3. The lowest BCUT2D eigenvalue weighted by Crippen LogP contribution is -2.14. The molecule has 0 unspecified atom stereocenters. The smallest absolute Gasteiger partial charge is 0.379 e. The molecule has 0 amide bonds. The molecule has 0 saturated carbocycles. The van der Waals surface area contributed by atoms with Crippen molar-refractivity contribution in [1.29, 1.82) is 0 Å². The number of rotatable bonds is 7. The molecule has 3 heteroatoms. The highest BCUT2D eigenvalue weighted by atomic mass is 16.6. The van der Waals surface area contributed by atoms with E-state index in [9.17, 15) is 4.79 Å². The molecule has 0 bridgehead atoms. The number of carbonyl (C=O) groups is 1. The fourth-order valence-corrected chi connectivity index (χ4v) is 1.83. The van der Waals surface area contributed by atoms with Gasteiger partial charge < -0.3 is 9.47 Å². The number of esters is 1. The Morgan fingerprint density at radius 3 is 2.27 bits per heavy atom. The van der Waals surface area contributed by atoms with E-state index in [1.54, 1.807) is 18.2 Å². The summed E-state index contributed by atoms with van der Waals surface area (Å²) in [4.78, 5) is 12.3. The molecule has 0 aliphatic carbocycles. The maximum Gasteiger partial charge on any atom is 0.379 e. The molecule has 0 aliphatic rings. The number of benzene rings is 2. The largest absolute Gasteiger partial charge is 0.487 e. The summed E-state index contributed by atoms with van der Waals surface area (Å²) in [6, 6.07) is 18.6. The number of hydrogen-bond donors (Lipinski definition) is 0. The maximum absolute atomic E-state index is 12.3. The molecule has 0 saturated heterocycles. The van der Waals surface area contributed by atoms with E-state index in [0.29, 0.717) is 12.4 Å². The van der Waals surface area contributed by atoms with E-state index in [4.69, 9.17) is 9.47 Å². The Balaban J connectivity index is 2.12. The Morgan fingerprint density at radius 2 is 1.64 bits per heavy atom. The summed E-state index contributed by atoms with van der Waals surface area (Å²) in [5.74, 6) is 0.250. The number of ether oxygens (including phenoxy) is 2. The first-order chi connectivity index (χ1) is 10.8. The summed E-state index contributed by atoms with van der Waals surface area (Å²) in [5, 5.41) is 0. The Bertz CT molecular complexity index is 603. The zero-order valence-electron chi connectivity index (χ0n) is 12.7. The molecule has 0 atom stereocenters. The lowest BCUT2D eigenvalue weighted by molar-refractivity contribution is -0.133. The average Bonchev–Trinajstić information content (AvgIpc) is 2.56. The molecule has 0 fully saturated rings. The highest BCUT2D eigenvalue weighted by Crippen LogP contribution is 2.14. The second-order valence-corrected chi connectivity index (χ2v) is 4.82. The van der Waals surface area contributed by atoms with Crippen LogP contribution in [0.5, 0.6) is 5.75 Å². The van der Waals surface area contributed by atoms with Gasteiger partial charge in [-0.3, -0.25) is 0 Å². The molecule has 114 valence electrons. The predicted octanol–water partition coefficient (Wildman–Crippen LogP) is 4.45. The van der Waals surface area contributed by atoms with Crippen molar-refractivity contribution < 1.29 is 14.3 Å². The van der Waals surface area contributed by atoms with Crippen LogP contribution in [0.4, 0.5) is 0 Å². The molecule has 2 aromatic rings. The zero-order valence-corrected chi connectivity index (χ0v) is 12.7. The van der Waals surface area contributed by atoms with Crippen LogP contribution in [0.1, 0.15) is 25.3 Å². The Kier molecular flexibility index (Phi) is 6.24. The van der Waals surface area contributed by atoms with E-state index in [2.05, 4.69) is 6.92 Å². The van der Waals surface area contributed by atoms with Crippen LogP contribution in [0.15, 0.2) is 66.4 Å². The van der Waals surface area contributed by atoms with Crippen LogP contribution in [-0.4, -0.2) is 12.6 Å². The summed E-state index contributed by atoms with van der Waals surface area (Å²) in [5.41, 5.74) is 0.902. The first kappa shape index (κ1) is 15.8. The van der Waals surface area contributed by atoms with Gasteiger partial charge in [-0.1, -0.05) is 61.9 Å². The lowest BCUT2D eigenvalue weighted by atomic mass is 10.2. The van der Waals surface area contributed by atoms with Crippen molar-refractivity contribution in [1.82, 2.24) is 0 Å². The highest BCUT2D eigenvalue weighted by molar-refractivity contribution is 5.92. The third kappa shape index (κ3) is 5.09. The van der Waals surface area contributed by atoms with Crippen LogP contribution < -0.4 is 4.74 Å². The van der Waals surface area contributed by atoms with Crippen molar-refractivity contribution >= 4 is 12.0 Å². The highest BCUT2D eigenvalue weighted by Gasteiger charge is 2.14. The monoisotopic (exact) mass is 296 g/mol.